The predicted molar refractivity (Wildman–Crippen MR) is 88.5 cm³/mol. The predicted octanol–water partition coefficient (Wildman–Crippen LogP) is 4.25. The Labute approximate surface area is 138 Å². The molecule has 0 radical (unpaired) electrons. The van der Waals surface area contributed by atoms with Gasteiger partial charge in [0.05, 0.1) is 20.9 Å². The molecule has 0 atom stereocenters. The van der Waals surface area contributed by atoms with Gasteiger partial charge >= 0.3 is 0 Å². The van der Waals surface area contributed by atoms with Gasteiger partial charge in [0.25, 0.3) is 10.0 Å². The summed E-state index contributed by atoms with van der Waals surface area (Å²) >= 11 is 12.4. The summed E-state index contributed by atoms with van der Waals surface area (Å²) in [6.45, 7) is 0. The Hall–Kier alpha value is -0.760. The van der Waals surface area contributed by atoms with Gasteiger partial charge in [0.2, 0.25) is 0 Å². The summed E-state index contributed by atoms with van der Waals surface area (Å²) in [5.74, 6) is 0. The molecule has 2 rings (SSSR count). The third-order valence-electron chi connectivity index (χ3n) is 2.46. The fourth-order valence-corrected chi connectivity index (χ4v) is 3.94. The first-order chi connectivity index (χ1) is 9.31. The van der Waals surface area contributed by atoms with Crippen LogP contribution < -0.4 is 10.5 Å². The summed E-state index contributed by atoms with van der Waals surface area (Å²) in [5, 5.41) is 0.410. The molecule has 0 fully saturated rings. The minimum absolute atomic E-state index is 0.00116. The SMILES string of the molecule is Nc1ccc(Br)cc1S(=O)(=O)Nc1cccc(Cl)c1Br. The Morgan fingerprint density at radius 2 is 1.85 bits per heavy atom. The molecule has 20 heavy (non-hydrogen) atoms. The van der Waals surface area contributed by atoms with Crippen LogP contribution in [0.5, 0.6) is 0 Å². The maximum atomic E-state index is 12.4. The van der Waals surface area contributed by atoms with E-state index in [1.54, 1.807) is 24.3 Å². The lowest BCUT2D eigenvalue weighted by molar-refractivity contribution is 0.601. The number of halogens is 3. The normalized spacial score (nSPS) is 11.3. The summed E-state index contributed by atoms with van der Waals surface area (Å²) in [4.78, 5) is -0.00116. The molecule has 0 amide bonds. The van der Waals surface area contributed by atoms with E-state index >= 15 is 0 Å². The molecule has 0 aliphatic carbocycles. The zero-order valence-electron chi connectivity index (χ0n) is 9.90. The van der Waals surface area contributed by atoms with Gasteiger partial charge in [-0.1, -0.05) is 33.6 Å². The summed E-state index contributed by atoms with van der Waals surface area (Å²) in [7, 11) is -3.80. The molecule has 8 heteroatoms. The third kappa shape index (κ3) is 3.28. The lowest BCUT2D eigenvalue weighted by Crippen LogP contribution is -2.15. The highest BCUT2D eigenvalue weighted by molar-refractivity contribution is 9.11. The van der Waals surface area contributed by atoms with Crippen LogP contribution in [0.4, 0.5) is 11.4 Å². The number of hydrogen-bond donors (Lipinski definition) is 2. The molecule has 0 unspecified atom stereocenters. The van der Waals surface area contributed by atoms with Crippen LogP contribution in [0.15, 0.2) is 50.2 Å². The van der Waals surface area contributed by atoms with Crippen LogP contribution in [0, 0.1) is 0 Å². The molecule has 106 valence electrons. The lowest BCUT2D eigenvalue weighted by atomic mass is 10.3. The van der Waals surface area contributed by atoms with E-state index in [1.807, 2.05) is 0 Å². The topological polar surface area (TPSA) is 72.2 Å². The van der Waals surface area contributed by atoms with Gasteiger partial charge in [-0.05, 0) is 46.3 Å². The Kier molecular flexibility index (Phi) is 4.63. The molecule has 2 aromatic carbocycles. The molecule has 2 aromatic rings. The highest BCUT2D eigenvalue weighted by Gasteiger charge is 2.19. The maximum absolute atomic E-state index is 12.4. The summed E-state index contributed by atoms with van der Waals surface area (Å²) in [5.41, 5.74) is 6.23. The van der Waals surface area contributed by atoms with Crippen LogP contribution in [0.3, 0.4) is 0 Å². The van der Waals surface area contributed by atoms with E-state index in [-0.39, 0.29) is 10.6 Å². The van der Waals surface area contributed by atoms with Gasteiger partial charge in [-0.25, -0.2) is 8.42 Å². The average molecular weight is 441 g/mol. The van der Waals surface area contributed by atoms with Crippen LogP contribution >= 0.6 is 43.5 Å². The van der Waals surface area contributed by atoms with Crippen LogP contribution in [0.1, 0.15) is 0 Å². The van der Waals surface area contributed by atoms with Crippen molar-refractivity contribution in [2.75, 3.05) is 10.5 Å². The number of nitrogen functional groups attached to an aromatic ring is 1. The largest absolute Gasteiger partial charge is 0.398 e. The van der Waals surface area contributed by atoms with Gasteiger partial charge in [-0.3, -0.25) is 4.72 Å². The first kappa shape index (κ1) is 15.6. The van der Waals surface area contributed by atoms with Gasteiger partial charge in [-0.2, -0.15) is 0 Å². The van der Waals surface area contributed by atoms with Crippen molar-refractivity contribution in [3.05, 3.63) is 50.4 Å². The average Bonchev–Trinajstić information content (AvgIpc) is 2.37. The Morgan fingerprint density at radius 1 is 1.15 bits per heavy atom. The Balaban J connectivity index is 2.46. The second-order valence-electron chi connectivity index (χ2n) is 3.89. The molecule has 4 nitrogen and oxygen atoms in total. The molecule has 0 saturated carbocycles. The quantitative estimate of drug-likeness (QED) is 0.701. The van der Waals surface area contributed by atoms with Gasteiger partial charge in [-0.15, -0.1) is 0 Å². The number of nitrogens with two attached hydrogens (primary N) is 1. The molecule has 0 heterocycles. The van der Waals surface area contributed by atoms with Crippen molar-refractivity contribution in [1.29, 1.82) is 0 Å². The van der Waals surface area contributed by atoms with Crippen molar-refractivity contribution in [2.45, 2.75) is 4.90 Å². The van der Waals surface area contributed by atoms with E-state index in [9.17, 15) is 8.42 Å². The molecule has 0 spiro atoms. The fraction of sp³-hybridized carbons (Fsp3) is 0. The molecule has 0 aliphatic heterocycles. The minimum atomic E-state index is -3.80. The zero-order chi connectivity index (χ0) is 14.9. The fourth-order valence-electron chi connectivity index (χ4n) is 1.52. The lowest BCUT2D eigenvalue weighted by Gasteiger charge is -2.12. The molecule has 0 bridgehead atoms. The molecule has 0 saturated heterocycles. The van der Waals surface area contributed by atoms with Crippen LogP contribution in [0.2, 0.25) is 5.02 Å². The summed E-state index contributed by atoms with van der Waals surface area (Å²) in [6, 6.07) is 9.53. The second kappa shape index (κ2) is 5.93. The van der Waals surface area contributed by atoms with E-state index in [0.717, 1.165) is 0 Å². The summed E-state index contributed by atoms with van der Waals surface area (Å²) < 4.78 is 28.3. The van der Waals surface area contributed by atoms with Gasteiger partial charge in [0.15, 0.2) is 0 Å². The number of benzene rings is 2. The highest BCUT2D eigenvalue weighted by Crippen LogP contribution is 2.32. The molecule has 0 aliphatic rings. The number of hydrogen-bond acceptors (Lipinski definition) is 3. The van der Waals surface area contributed by atoms with Crippen molar-refractivity contribution in [3.63, 3.8) is 0 Å². The van der Waals surface area contributed by atoms with Crippen molar-refractivity contribution in [2.24, 2.45) is 0 Å². The number of sulfonamides is 1. The first-order valence-electron chi connectivity index (χ1n) is 5.33. The van der Waals surface area contributed by atoms with Gasteiger partial charge in [0, 0.05) is 4.47 Å². The monoisotopic (exact) mass is 438 g/mol. The molecular formula is C12H9Br2ClN2O2S. The van der Waals surface area contributed by atoms with E-state index in [4.69, 9.17) is 17.3 Å². The van der Waals surface area contributed by atoms with Gasteiger partial charge < -0.3 is 5.73 Å². The highest BCUT2D eigenvalue weighted by atomic mass is 79.9. The van der Waals surface area contributed by atoms with E-state index in [0.29, 0.717) is 19.7 Å². The first-order valence-corrected chi connectivity index (χ1v) is 8.78. The minimum Gasteiger partial charge on any atom is -0.398 e. The molecular weight excluding hydrogens is 431 g/mol. The van der Waals surface area contributed by atoms with E-state index < -0.39 is 10.0 Å². The summed E-state index contributed by atoms with van der Waals surface area (Å²) in [6.07, 6.45) is 0. The number of anilines is 2. The second-order valence-corrected chi connectivity index (χ2v) is 7.66. The number of nitrogens with one attached hydrogen (secondary N) is 1. The van der Waals surface area contributed by atoms with E-state index in [1.165, 1.54) is 12.1 Å². The molecule has 0 aromatic heterocycles. The van der Waals surface area contributed by atoms with Crippen molar-refractivity contribution >= 4 is 64.9 Å². The Morgan fingerprint density at radius 3 is 2.55 bits per heavy atom. The van der Waals surface area contributed by atoms with Crippen LogP contribution in [0.25, 0.3) is 0 Å². The van der Waals surface area contributed by atoms with Crippen LogP contribution in [-0.2, 0) is 10.0 Å². The Bertz CT molecular complexity index is 766. The van der Waals surface area contributed by atoms with Crippen LogP contribution in [-0.4, -0.2) is 8.42 Å². The van der Waals surface area contributed by atoms with Gasteiger partial charge in [0.1, 0.15) is 4.90 Å². The number of rotatable bonds is 3. The standard InChI is InChI=1S/C12H9Br2ClN2O2S/c13-7-4-5-9(16)11(6-7)20(18,19)17-10-3-1-2-8(15)12(10)14/h1-6,17H,16H2. The van der Waals surface area contributed by atoms with Crippen molar-refractivity contribution in [3.8, 4) is 0 Å². The van der Waals surface area contributed by atoms with Crippen molar-refractivity contribution in [1.82, 2.24) is 0 Å². The van der Waals surface area contributed by atoms with E-state index in [2.05, 4.69) is 36.6 Å². The maximum Gasteiger partial charge on any atom is 0.264 e. The third-order valence-corrected chi connectivity index (χ3v) is 5.77. The molecule has 3 N–H and O–H groups in total. The smallest absolute Gasteiger partial charge is 0.264 e. The zero-order valence-corrected chi connectivity index (χ0v) is 14.6. The van der Waals surface area contributed by atoms with Crippen molar-refractivity contribution < 1.29 is 8.42 Å².